The Bertz CT molecular complexity index is 424. The van der Waals surface area contributed by atoms with Crippen LogP contribution in [0.3, 0.4) is 0 Å². The van der Waals surface area contributed by atoms with Crippen molar-refractivity contribution in [3.8, 4) is 11.6 Å². The maximum atomic E-state index is 5.26. The first kappa shape index (κ1) is 8.93. The predicted octanol–water partition coefficient (Wildman–Crippen LogP) is 0.550. The summed E-state index contributed by atoms with van der Waals surface area (Å²) in [5.74, 6) is 1.03. The van der Waals surface area contributed by atoms with Gasteiger partial charge in [0.2, 0.25) is 5.89 Å². The standard InChI is InChI=1S/C9H10BN3O/c1-6-12-13-9(14-6)8-4-3-7(10-2)5-11-8/h3-5,10H,1-2H3. The molecule has 0 aliphatic heterocycles. The minimum Gasteiger partial charge on any atom is -0.420 e. The largest absolute Gasteiger partial charge is 0.420 e. The van der Waals surface area contributed by atoms with Gasteiger partial charge in [-0.25, -0.2) is 0 Å². The summed E-state index contributed by atoms with van der Waals surface area (Å²) in [4.78, 5) is 4.24. The number of pyridine rings is 1. The predicted molar refractivity (Wildman–Crippen MR) is 54.9 cm³/mol. The molecule has 2 heterocycles. The van der Waals surface area contributed by atoms with Crippen LogP contribution in [0.4, 0.5) is 0 Å². The molecule has 0 aliphatic rings. The summed E-state index contributed by atoms with van der Waals surface area (Å²) in [5, 5.41) is 7.64. The average Bonchev–Trinajstić information content (AvgIpc) is 2.65. The van der Waals surface area contributed by atoms with E-state index in [1.54, 1.807) is 6.92 Å². The highest BCUT2D eigenvalue weighted by Crippen LogP contribution is 2.12. The molecule has 0 atom stereocenters. The quantitative estimate of drug-likeness (QED) is 0.644. The first-order chi connectivity index (χ1) is 6.79. The van der Waals surface area contributed by atoms with E-state index >= 15 is 0 Å². The van der Waals surface area contributed by atoms with Gasteiger partial charge in [-0.15, -0.1) is 10.2 Å². The topological polar surface area (TPSA) is 51.8 Å². The molecular formula is C9H10BN3O. The Kier molecular flexibility index (Phi) is 2.31. The zero-order valence-corrected chi connectivity index (χ0v) is 8.19. The van der Waals surface area contributed by atoms with E-state index in [9.17, 15) is 0 Å². The van der Waals surface area contributed by atoms with Gasteiger partial charge in [0, 0.05) is 13.1 Å². The van der Waals surface area contributed by atoms with E-state index in [0.717, 1.165) is 13.0 Å². The zero-order valence-electron chi connectivity index (χ0n) is 8.19. The molecule has 0 aliphatic carbocycles. The van der Waals surface area contributed by atoms with Gasteiger partial charge in [-0.3, -0.25) is 4.98 Å². The van der Waals surface area contributed by atoms with Crippen LogP contribution < -0.4 is 5.46 Å². The zero-order chi connectivity index (χ0) is 9.97. The molecule has 0 fully saturated rings. The van der Waals surface area contributed by atoms with Crippen LogP contribution in [0.5, 0.6) is 0 Å². The van der Waals surface area contributed by atoms with Crippen LogP contribution in [0.15, 0.2) is 22.7 Å². The SMILES string of the molecule is CBc1ccc(-c2nnc(C)o2)nc1. The van der Waals surface area contributed by atoms with Crippen LogP contribution in [0.25, 0.3) is 11.6 Å². The van der Waals surface area contributed by atoms with Crippen LogP contribution in [0, 0.1) is 6.92 Å². The Morgan fingerprint density at radius 2 is 2.14 bits per heavy atom. The molecule has 0 bridgehead atoms. The molecule has 0 aromatic carbocycles. The molecule has 0 saturated heterocycles. The smallest absolute Gasteiger partial charge is 0.266 e. The first-order valence-electron chi connectivity index (χ1n) is 4.55. The van der Waals surface area contributed by atoms with E-state index in [1.165, 1.54) is 5.46 Å². The molecule has 70 valence electrons. The van der Waals surface area contributed by atoms with Crippen molar-refractivity contribution in [2.75, 3.05) is 0 Å². The van der Waals surface area contributed by atoms with Crippen LogP contribution in [-0.2, 0) is 0 Å². The second kappa shape index (κ2) is 3.61. The lowest BCUT2D eigenvalue weighted by Gasteiger charge is -1.95. The molecule has 5 heteroatoms. The summed E-state index contributed by atoms with van der Waals surface area (Å²) in [6.07, 6.45) is 1.83. The van der Waals surface area contributed by atoms with Gasteiger partial charge in [0.15, 0.2) is 7.28 Å². The fourth-order valence-corrected chi connectivity index (χ4v) is 1.16. The van der Waals surface area contributed by atoms with Crippen molar-refractivity contribution >= 4 is 12.7 Å². The normalized spacial score (nSPS) is 10.1. The van der Waals surface area contributed by atoms with Crippen molar-refractivity contribution in [3.63, 3.8) is 0 Å². The Hall–Kier alpha value is -1.65. The van der Waals surface area contributed by atoms with E-state index < -0.39 is 0 Å². The number of hydrogen-bond acceptors (Lipinski definition) is 4. The fourth-order valence-electron chi connectivity index (χ4n) is 1.16. The molecule has 0 radical (unpaired) electrons. The van der Waals surface area contributed by atoms with Crippen molar-refractivity contribution in [3.05, 3.63) is 24.2 Å². The lowest BCUT2D eigenvalue weighted by molar-refractivity contribution is 0.531. The Morgan fingerprint density at radius 3 is 2.64 bits per heavy atom. The lowest BCUT2D eigenvalue weighted by atomic mass is 9.74. The van der Waals surface area contributed by atoms with E-state index in [4.69, 9.17) is 4.42 Å². The third-order valence-electron chi connectivity index (χ3n) is 1.98. The van der Waals surface area contributed by atoms with Gasteiger partial charge in [0.25, 0.3) is 5.89 Å². The second-order valence-electron chi connectivity index (χ2n) is 3.03. The van der Waals surface area contributed by atoms with Gasteiger partial charge >= 0.3 is 0 Å². The lowest BCUT2D eigenvalue weighted by Crippen LogP contribution is -2.10. The fraction of sp³-hybridized carbons (Fsp3) is 0.222. The minimum atomic E-state index is 0.477. The highest BCUT2D eigenvalue weighted by atomic mass is 16.4. The highest BCUT2D eigenvalue weighted by molar-refractivity contribution is 6.51. The number of aromatic nitrogens is 3. The van der Waals surface area contributed by atoms with Gasteiger partial charge in [-0.05, 0) is 6.07 Å². The molecular weight excluding hydrogens is 177 g/mol. The third kappa shape index (κ3) is 1.66. The Balaban J connectivity index is 2.33. The van der Waals surface area contributed by atoms with Crippen molar-refractivity contribution in [2.45, 2.75) is 13.7 Å². The molecule has 0 spiro atoms. The summed E-state index contributed by atoms with van der Waals surface area (Å²) >= 11 is 0. The average molecular weight is 187 g/mol. The Morgan fingerprint density at radius 1 is 1.29 bits per heavy atom. The molecule has 2 rings (SSSR count). The van der Waals surface area contributed by atoms with Crippen molar-refractivity contribution in [1.82, 2.24) is 15.2 Å². The first-order valence-corrected chi connectivity index (χ1v) is 4.55. The summed E-state index contributed by atoms with van der Waals surface area (Å²) in [7, 11) is 0.982. The molecule has 2 aromatic heterocycles. The van der Waals surface area contributed by atoms with Gasteiger partial charge in [0.1, 0.15) is 5.69 Å². The van der Waals surface area contributed by atoms with Crippen molar-refractivity contribution in [1.29, 1.82) is 0 Å². The van der Waals surface area contributed by atoms with Crippen LogP contribution in [-0.4, -0.2) is 22.5 Å². The molecule has 0 unspecified atom stereocenters. The number of rotatable bonds is 2. The molecule has 2 aromatic rings. The Labute approximate surface area is 82.6 Å². The van der Waals surface area contributed by atoms with Gasteiger partial charge in [0.05, 0.1) is 0 Å². The maximum absolute atomic E-state index is 5.26. The summed E-state index contributed by atoms with van der Waals surface area (Å²) in [5.41, 5.74) is 1.92. The number of hydrogen-bond donors (Lipinski definition) is 0. The van der Waals surface area contributed by atoms with Gasteiger partial charge in [-0.2, -0.15) is 0 Å². The summed E-state index contributed by atoms with van der Waals surface area (Å²) in [6, 6.07) is 3.91. The summed E-state index contributed by atoms with van der Waals surface area (Å²) in [6.45, 7) is 3.85. The van der Waals surface area contributed by atoms with Crippen molar-refractivity contribution in [2.24, 2.45) is 0 Å². The molecule has 14 heavy (non-hydrogen) atoms. The number of aryl methyl sites for hydroxylation is 1. The van der Waals surface area contributed by atoms with Crippen LogP contribution >= 0.6 is 0 Å². The highest BCUT2D eigenvalue weighted by Gasteiger charge is 2.06. The van der Waals surface area contributed by atoms with Gasteiger partial charge < -0.3 is 4.42 Å². The van der Waals surface area contributed by atoms with E-state index in [2.05, 4.69) is 22.0 Å². The molecule has 0 saturated carbocycles. The minimum absolute atomic E-state index is 0.477. The molecule has 4 nitrogen and oxygen atoms in total. The second-order valence-corrected chi connectivity index (χ2v) is 3.03. The van der Waals surface area contributed by atoms with Crippen molar-refractivity contribution < 1.29 is 4.42 Å². The van der Waals surface area contributed by atoms with E-state index in [1.807, 2.05) is 18.3 Å². The molecule has 0 amide bonds. The van der Waals surface area contributed by atoms with Crippen LogP contribution in [0.2, 0.25) is 6.82 Å². The van der Waals surface area contributed by atoms with Gasteiger partial charge in [-0.1, -0.05) is 18.4 Å². The maximum Gasteiger partial charge on any atom is 0.266 e. The van der Waals surface area contributed by atoms with E-state index in [0.29, 0.717) is 11.8 Å². The van der Waals surface area contributed by atoms with Crippen LogP contribution in [0.1, 0.15) is 5.89 Å². The van der Waals surface area contributed by atoms with E-state index in [-0.39, 0.29) is 0 Å². The molecule has 0 N–H and O–H groups in total. The summed E-state index contributed by atoms with van der Waals surface area (Å²) < 4.78 is 5.26. The number of nitrogens with zero attached hydrogens (tertiary/aromatic N) is 3. The third-order valence-corrected chi connectivity index (χ3v) is 1.98. The monoisotopic (exact) mass is 187 g/mol.